The van der Waals surface area contributed by atoms with E-state index in [1.165, 1.54) is 0 Å². The third-order valence-electron chi connectivity index (χ3n) is 3.57. The summed E-state index contributed by atoms with van der Waals surface area (Å²) in [5, 5.41) is 9.30. The monoisotopic (exact) mass is 266 g/mol. The van der Waals surface area contributed by atoms with Crippen LogP contribution in [-0.2, 0) is 0 Å². The summed E-state index contributed by atoms with van der Waals surface area (Å²) in [5.74, 6) is 0.749. The van der Waals surface area contributed by atoms with Crippen molar-refractivity contribution in [1.82, 2.24) is 4.57 Å². The van der Waals surface area contributed by atoms with Crippen LogP contribution < -0.4 is 10.3 Å². The van der Waals surface area contributed by atoms with Crippen molar-refractivity contribution in [3.05, 3.63) is 52.4 Å². The van der Waals surface area contributed by atoms with Crippen LogP contribution in [0.2, 0.25) is 0 Å². The number of nitriles is 1. The number of nitrogens with zero attached hydrogens (tertiary/aromatic N) is 2. The molecule has 0 bridgehead atoms. The molecule has 0 unspecified atom stereocenters. The molecular weight excluding hydrogens is 252 g/mol. The molecular formula is C16H14N2O2. The first-order valence-corrected chi connectivity index (χ1v) is 6.54. The van der Waals surface area contributed by atoms with Crippen LogP contribution in [0.3, 0.4) is 0 Å². The summed E-state index contributed by atoms with van der Waals surface area (Å²) in [6, 6.07) is 11.5. The van der Waals surface area contributed by atoms with Gasteiger partial charge in [-0.3, -0.25) is 4.79 Å². The second kappa shape index (κ2) is 4.86. The van der Waals surface area contributed by atoms with Crippen LogP contribution in [0.5, 0.6) is 5.75 Å². The molecule has 1 aliphatic rings. The second-order valence-corrected chi connectivity index (χ2v) is 4.89. The number of methoxy groups -OCH3 is 1. The number of ether oxygens (including phenoxy) is 1. The fourth-order valence-corrected chi connectivity index (χ4v) is 2.31. The molecule has 0 N–H and O–H groups in total. The topological polar surface area (TPSA) is 55.0 Å². The lowest BCUT2D eigenvalue weighted by Gasteiger charge is -2.09. The zero-order valence-electron chi connectivity index (χ0n) is 11.2. The Morgan fingerprint density at radius 1 is 1.25 bits per heavy atom. The van der Waals surface area contributed by atoms with E-state index >= 15 is 0 Å². The fourth-order valence-electron chi connectivity index (χ4n) is 2.31. The van der Waals surface area contributed by atoms with Crippen molar-refractivity contribution in [1.29, 1.82) is 5.26 Å². The molecule has 0 radical (unpaired) electrons. The van der Waals surface area contributed by atoms with Gasteiger partial charge < -0.3 is 9.30 Å². The summed E-state index contributed by atoms with van der Waals surface area (Å²) in [7, 11) is 1.60. The molecule has 4 nitrogen and oxygen atoms in total. The molecule has 1 heterocycles. The summed E-state index contributed by atoms with van der Waals surface area (Å²) >= 11 is 0. The van der Waals surface area contributed by atoms with E-state index in [0.717, 1.165) is 24.2 Å². The zero-order valence-corrected chi connectivity index (χ0v) is 11.2. The van der Waals surface area contributed by atoms with E-state index < -0.39 is 0 Å². The standard InChI is InChI=1S/C16H14N2O2/c1-20-13-6-2-11(3-7-13)14-8-9-18(12-4-5-12)16(19)15(14)10-17/h2-3,6-9,12H,4-5H2,1H3. The maximum absolute atomic E-state index is 12.3. The van der Waals surface area contributed by atoms with Crippen LogP contribution in [0, 0.1) is 11.3 Å². The molecule has 100 valence electrons. The van der Waals surface area contributed by atoms with Crippen LogP contribution in [0.25, 0.3) is 11.1 Å². The summed E-state index contributed by atoms with van der Waals surface area (Å²) in [4.78, 5) is 12.3. The van der Waals surface area contributed by atoms with Crippen molar-refractivity contribution in [3.8, 4) is 22.9 Å². The molecule has 1 saturated carbocycles. The zero-order chi connectivity index (χ0) is 14.1. The summed E-state index contributed by atoms with van der Waals surface area (Å²) in [6.07, 6.45) is 3.83. The van der Waals surface area contributed by atoms with Gasteiger partial charge in [0, 0.05) is 17.8 Å². The first-order chi connectivity index (χ1) is 9.74. The maximum atomic E-state index is 12.3. The van der Waals surface area contributed by atoms with Crippen molar-refractivity contribution >= 4 is 0 Å². The molecule has 0 atom stereocenters. The summed E-state index contributed by atoms with van der Waals surface area (Å²) in [5.41, 5.74) is 1.55. The Kier molecular flexibility index (Phi) is 3.03. The molecule has 0 spiro atoms. The van der Waals surface area contributed by atoms with E-state index in [9.17, 15) is 10.1 Å². The van der Waals surface area contributed by atoms with Gasteiger partial charge in [-0.2, -0.15) is 5.26 Å². The van der Waals surface area contributed by atoms with E-state index in [1.807, 2.05) is 36.4 Å². The minimum absolute atomic E-state index is 0.191. The van der Waals surface area contributed by atoms with Crippen molar-refractivity contribution < 1.29 is 4.74 Å². The van der Waals surface area contributed by atoms with Crippen LogP contribution >= 0.6 is 0 Å². The highest BCUT2D eigenvalue weighted by Crippen LogP contribution is 2.34. The Labute approximate surface area is 116 Å². The number of hydrogen-bond acceptors (Lipinski definition) is 3. The minimum Gasteiger partial charge on any atom is -0.497 e. The normalized spacial score (nSPS) is 13.8. The lowest BCUT2D eigenvalue weighted by Crippen LogP contribution is -2.21. The number of benzene rings is 1. The highest BCUT2D eigenvalue weighted by Gasteiger charge is 2.26. The smallest absolute Gasteiger partial charge is 0.269 e. The Hall–Kier alpha value is -2.54. The van der Waals surface area contributed by atoms with Gasteiger partial charge in [-0.05, 0) is 36.6 Å². The quantitative estimate of drug-likeness (QED) is 0.858. The Bertz CT molecular complexity index is 735. The lowest BCUT2D eigenvalue weighted by molar-refractivity contribution is 0.415. The van der Waals surface area contributed by atoms with E-state index in [4.69, 9.17) is 4.74 Å². The maximum Gasteiger partial charge on any atom is 0.269 e. The van der Waals surface area contributed by atoms with Crippen LogP contribution in [0.1, 0.15) is 24.4 Å². The molecule has 1 aliphatic carbocycles. The van der Waals surface area contributed by atoms with Crippen molar-refractivity contribution in [2.45, 2.75) is 18.9 Å². The molecule has 1 aromatic heterocycles. The molecule has 3 rings (SSSR count). The third kappa shape index (κ3) is 2.08. The minimum atomic E-state index is -0.191. The van der Waals surface area contributed by atoms with Gasteiger partial charge in [-0.1, -0.05) is 12.1 Å². The number of pyridine rings is 1. The fraction of sp³-hybridized carbons (Fsp3) is 0.250. The Morgan fingerprint density at radius 2 is 1.95 bits per heavy atom. The first-order valence-electron chi connectivity index (χ1n) is 6.54. The van der Waals surface area contributed by atoms with Gasteiger partial charge in [0.2, 0.25) is 0 Å². The molecule has 0 amide bonds. The average molecular weight is 266 g/mol. The van der Waals surface area contributed by atoms with E-state index in [-0.39, 0.29) is 17.2 Å². The average Bonchev–Trinajstić information content (AvgIpc) is 3.31. The van der Waals surface area contributed by atoms with E-state index in [0.29, 0.717) is 5.56 Å². The van der Waals surface area contributed by atoms with Crippen molar-refractivity contribution in [2.75, 3.05) is 7.11 Å². The molecule has 1 aromatic carbocycles. The van der Waals surface area contributed by atoms with Gasteiger partial charge in [0.1, 0.15) is 17.4 Å². The van der Waals surface area contributed by atoms with Gasteiger partial charge in [-0.25, -0.2) is 0 Å². The highest BCUT2D eigenvalue weighted by atomic mass is 16.5. The van der Waals surface area contributed by atoms with Gasteiger partial charge in [0.05, 0.1) is 7.11 Å². The van der Waals surface area contributed by atoms with Crippen LogP contribution in [0.4, 0.5) is 0 Å². The largest absolute Gasteiger partial charge is 0.497 e. The van der Waals surface area contributed by atoms with Crippen LogP contribution in [0.15, 0.2) is 41.3 Å². The predicted molar refractivity (Wildman–Crippen MR) is 75.7 cm³/mol. The van der Waals surface area contributed by atoms with Crippen molar-refractivity contribution in [3.63, 3.8) is 0 Å². The van der Waals surface area contributed by atoms with E-state index in [2.05, 4.69) is 0 Å². The second-order valence-electron chi connectivity index (χ2n) is 4.89. The Morgan fingerprint density at radius 3 is 2.50 bits per heavy atom. The lowest BCUT2D eigenvalue weighted by atomic mass is 10.0. The number of hydrogen-bond donors (Lipinski definition) is 0. The van der Waals surface area contributed by atoms with Gasteiger partial charge >= 0.3 is 0 Å². The molecule has 4 heteroatoms. The van der Waals surface area contributed by atoms with E-state index in [1.54, 1.807) is 17.9 Å². The third-order valence-corrected chi connectivity index (χ3v) is 3.57. The number of rotatable bonds is 3. The molecule has 2 aromatic rings. The molecule has 20 heavy (non-hydrogen) atoms. The molecule has 0 aliphatic heterocycles. The summed E-state index contributed by atoms with van der Waals surface area (Å²) in [6.45, 7) is 0. The molecule has 1 fully saturated rings. The van der Waals surface area contributed by atoms with Gasteiger partial charge in [0.15, 0.2) is 0 Å². The van der Waals surface area contributed by atoms with Crippen LogP contribution in [-0.4, -0.2) is 11.7 Å². The number of aromatic nitrogens is 1. The van der Waals surface area contributed by atoms with Gasteiger partial charge in [-0.15, -0.1) is 0 Å². The highest BCUT2D eigenvalue weighted by molar-refractivity contribution is 5.70. The SMILES string of the molecule is COc1ccc(-c2ccn(C3CC3)c(=O)c2C#N)cc1. The first kappa shape index (κ1) is 12.5. The van der Waals surface area contributed by atoms with Gasteiger partial charge in [0.25, 0.3) is 5.56 Å². The Balaban J connectivity index is 2.11. The van der Waals surface area contributed by atoms with Crippen molar-refractivity contribution in [2.24, 2.45) is 0 Å². The summed E-state index contributed by atoms with van der Waals surface area (Å²) < 4.78 is 6.79. The predicted octanol–water partition coefficient (Wildman–Crippen LogP) is 2.73. The molecule has 0 saturated heterocycles.